The summed E-state index contributed by atoms with van der Waals surface area (Å²) in [7, 11) is 1.60. The SMILES string of the molecule is CCCc1noc(-c2ccn3c(CNC(=O)Cc4cccc(OC)c4)nnc3c2)n1. The number of nitrogens with one attached hydrogen (secondary N) is 1. The molecule has 3 aromatic heterocycles. The average Bonchev–Trinajstić information content (AvgIpc) is 3.39. The highest BCUT2D eigenvalue weighted by atomic mass is 16.5. The van der Waals surface area contributed by atoms with Gasteiger partial charge in [-0.05, 0) is 36.2 Å². The maximum atomic E-state index is 12.3. The molecule has 3 heterocycles. The van der Waals surface area contributed by atoms with Gasteiger partial charge in [0.2, 0.25) is 5.91 Å². The van der Waals surface area contributed by atoms with Crippen LogP contribution in [-0.2, 0) is 24.2 Å². The molecule has 9 heteroatoms. The number of hydrogen-bond donors (Lipinski definition) is 1. The fourth-order valence-corrected chi connectivity index (χ4v) is 3.10. The summed E-state index contributed by atoms with van der Waals surface area (Å²) in [5, 5.41) is 15.2. The van der Waals surface area contributed by atoms with Crippen molar-refractivity contribution in [2.45, 2.75) is 32.7 Å². The van der Waals surface area contributed by atoms with Crippen LogP contribution in [-0.4, -0.2) is 37.8 Å². The number of methoxy groups -OCH3 is 1. The van der Waals surface area contributed by atoms with Crippen molar-refractivity contribution in [2.75, 3.05) is 7.11 Å². The number of aryl methyl sites for hydroxylation is 1. The van der Waals surface area contributed by atoms with E-state index in [2.05, 4.69) is 32.6 Å². The van der Waals surface area contributed by atoms with Gasteiger partial charge in [-0.15, -0.1) is 10.2 Å². The molecular weight excluding hydrogens is 384 g/mol. The van der Waals surface area contributed by atoms with E-state index in [1.807, 2.05) is 47.0 Å². The van der Waals surface area contributed by atoms with Crippen molar-refractivity contribution in [3.8, 4) is 17.2 Å². The van der Waals surface area contributed by atoms with Gasteiger partial charge in [0.15, 0.2) is 17.3 Å². The molecule has 154 valence electrons. The number of fused-ring (bicyclic) bond motifs is 1. The Labute approximate surface area is 173 Å². The van der Waals surface area contributed by atoms with Crippen molar-refractivity contribution in [2.24, 2.45) is 0 Å². The molecule has 0 radical (unpaired) electrons. The summed E-state index contributed by atoms with van der Waals surface area (Å²) in [5.41, 5.74) is 2.29. The summed E-state index contributed by atoms with van der Waals surface area (Å²) in [6.45, 7) is 2.33. The molecule has 0 fully saturated rings. The third-order valence-corrected chi connectivity index (χ3v) is 4.61. The Morgan fingerprint density at radius 2 is 2.13 bits per heavy atom. The van der Waals surface area contributed by atoms with Gasteiger partial charge in [0.25, 0.3) is 5.89 Å². The fourth-order valence-electron chi connectivity index (χ4n) is 3.10. The minimum Gasteiger partial charge on any atom is -0.497 e. The van der Waals surface area contributed by atoms with E-state index in [-0.39, 0.29) is 18.9 Å². The van der Waals surface area contributed by atoms with E-state index in [0.29, 0.717) is 23.2 Å². The standard InChI is InChI=1S/C21H22N6O3/c1-3-5-17-23-21(30-26-17)15-8-9-27-18(12-15)24-25-19(27)13-22-20(28)11-14-6-4-7-16(10-14)29-2/h4,6-10,12H,3,5,11,13H2,1-2H3,(H,22,28). The van der Waals surface area contributed by atoms with Crippen molar-refractivity contribution < 1.29 is 14.1 Å². The largest absolute Gasteiger partial charge is 0.497 e. The molecule has 1 N–H and O–H groups in total. The van der Waals surface area contributed by atoms with E-state index in [4.69, 9.17) is 9.26 Å². The molecule has 0 aliphatic heterocycles. The maximum absolute atomic E-state index is 12.3. The molecule has 0 spiro atoms. The number of aromatic nitrogens is 5. The summed E-state index contributed by atoms with van der Waals surface area (Å²) in [4.78, 5) is 16.7. The number of rotatable bonds is 8. The molecule has 0 bridgehead atoms. The lowest BCUT2D eigenvalue weighted by atomic mass is 10.1. The van der Waals surface area contributed by atoms with Crippen LogP contribution in [0, 0.1) is 0 Å². The Morgan fingerprint density at radius 1 is 1.23 bits per heavy atom. The molecule has 0 saturated carbocycles. The van der Waals surface area contributed by atoms with Gasteiger partial charge in [-0.3, -0.25) is 9.20 Å². The zero-order valence-electron chi connectivity index (χ0n) is 16.8. The van der Waals surface area contributed by atoms with Gasteiger partial charge < -0.3 is 14.6 Å². The zero-order valence-corrected chi connectivity index (χ0v) is 16.8. The maximum Gasteiger partial charge on any atom is 0.258 e. The van der Waals surface area contributed by atoms with Crippen molar-refractivity contribution in [1.29, 1.82) is 0 Å². The van der Waals surface area contributed by atoms with Gasteiger partial charge >= 0.3 is 0 Å². The topological polar surface area (TPSA) is 107 Å². The quantitative estimate of drug-likeness (QED) is 0.479. The highest BCUT2D eigenvalue weighted by molar-refractivity contribution is 5.78. The van der Waals surface area contributed by atoms with E-state index in [1.165, 1.54) is 0 Å². The second kappa shape index (κ2) is 8.73. The zero-order chi connectivity index (χ0) is 20.9. The Morgan fingerprint density at radius 3 is 2.97 bits per heavy atom. The molecule has 0 aliphatic carbocycles. The third-order valence-electron chi connectivity index (χ3n) is 4.61. The minimum atomic E-state index is -0.106. The van der Waals surface area contributed by atoms with Crippen LogP contribution in [0.25, 0.3) is 17.1 Å². The first-order valence-electron chi connectivity index (χ1n) is 9.72. The van der Waals surface area contributed by atoms with E-state index in [1.54, 1.807) is 7.11 Å². The van der Waals surface area contributed by atoms with Gasteiger partial charge in [0, 0.05) is 18.2 Å². The lowest BCUT2D eigenvalue weighted by Gasteiger charge is -2.06. The van der Waals surface area contributed by atoms with E-state index in [0.717, 1.165) is 29.7 Å². The second-order valence-electron chi connectivity index (χ2n) is 6.83. The highest BCUT2D eigenvalue weighted by Crippen LogP contribution is 2.19. The number of amides is 1. The molecule has 4 aromatic rings. The van der Waals surface area contributed by atoms with Crippen molar-refractivity contribution in [3.05, 3.63) is 59.8 Å². The van der Waals surface area contributed by atoms with Gasteiger partial charge in [0.05, 0.1) is 20.1 Å². The molecule has 0 saturated heterocycles. The first-order chi connectivity index (χ1) is 14.7. The number of benzene rings is 1. The highest BCUT2D eigenvalue weighted by Gasteiger charge is 2.13. The predicted molar refractivity (Wildman–Crippen MR) is 109 cm³/mol. The number of nitrogens with zero attached hydrogens (tertiary/aromatic N) is 5. The summed E-state index contributed by atoms with van der Waals surface area (Å²) >= 11 is 0. The van der Waals surface area contributed by atoms with Gasteiger partial charge in [-0.2, -0.15) is 4.98 Å². The first kappa shape index (κ1) is 19.6. The smallest absolute Gasteiger partial charge is 0.258 e. The lowest BCUT2D eigenvalue weighted by Crippen LogP contribution is -2.25. The third kappa shape index (κ3) is 4.29. The van der Waals surface area contributed by atoms with Crippen LogP contribution >= 0.6 is 0 Å². The number of carbonyl (C=O) groups excluding carboxylic acids is 1. The first-order valence-corrected chi connectivity index (χ1v) is 9.72. The Bertz CT molecular complexity index is 1170. The Balaban J connectivity index is 1.42. The molecule has 4 rings (SSSR count). The van der Waals surface area contributed by atoms with Crippen LogP contribution in [0.5, 0.6) is 5.75 Å². The van der Waals surface area contributed by atoms with E-state index in [9.17, 15) is 4.79 Å². The number of hydrogen-bond acceptors (Lipinski definition) is 7. The summed E-state index contributed by atoms with van der Waals surface area (Å²) in [6, 6.07) is 11.1. The molecule has 0 aliphatic rings. The fraction of sp³-hybridized carbons (Fsp3) is 0.286. The number of carbonyl (C=O) groups is 1. The van der Waals surface area contributed by atoms with Crippen LogP contribution in [0.4, 0.5) is 0 Å². The molecule has 9 nitrogen and oxygen atoms in total. The van der Waals surface area contributed by atoms with Crippen LogP contribution in [0.2, 0.25) is 0 Å². The van der Waals surface area contributed by atoms with Crippen LogP contribution in [0.15, 0.2) is 47.1 Å². The molecule has 0 unspecified atom stereocenters. The van der Waals surface area contributed by atoms with Gasteiger partial charge in [-0.1, -0.05) is 24.2 Å². The lowest BCUT2D eigenvalue weighted by molar-refractivity contribution is -0.120. The van der Waals surface area contributed by atoms with Crippen LogP contribution in [0.1, 0.15) is 30.6 Å². The molecule has 0 atom stereocenters. The van der Waals surface area contributed by atoms with Gasteiger partial charge in [0.1, 0.15) is 5.75 Å². The molecule has 1 aromatic carbocycles. The normalized spacial score (nSPS) is 11.0. The van der Waals surface area contributed by atoms with Gasteiger partial charge in [-0.25, -0.2) is 0 Å². The monoisotopic (exact) mass is 406 g/mol. The summed E-state index contributed by atoms with van der Waals surface area (Å²) in [5.74, 6) is 2.40. The predicted octanol–water partition coefficient (Wildman–Crippen LogP) is 2.60. The van der Waals surface area contributed by atoms with Crippen molar-refractivity contribution >= 4 is 11.6 Å². The summed E-state index contributed by atoms with van der Waals surface area (Å²) < 4.78 is 12.3. The number of ether oxygens (including phenoxy) is 1. The average molecular weight is 406 g/mol. The van der Waals surface area contributed by atoms with Crippen molar-refractivity contribution in [1.82, 2.24) is 30.1 Å². The molecule has 1 amide bonds. The Hall–Kier alpha value is -3.75. The van der Waals surface area contributed by atoms with Crippen LogP contribution in [0.3, 0.4) is 0 Å². The number of pyridine rings is 1. The Kier molecular flexibility index (Phi) is 5.69. The minimum absolute atomic E-state index is 0.106. The molecule has 30 heavy (non-hydrogen) atoms. The van der Waals surface area contributed by atoms with Crippen molar-refractivity contribution in [3.63, 3.8) is 0 Å². The van der Waals surface area contributed by atoms with Crippen LogP contribution < -0.4 is 10.1 Å². The molecular formula is C21H22N6O3. The van der Waals surface area contributed by atoms with E-state index < -0.39 is 0 Å². The van der Waals surface area contributed by atoms with E-state index >= 15 is 0 Å². The second-order valence-corrected chi connectivity index (χ2v) is 6.83. The summed E-state index contributed by atoms with van der Waals surface area (Å²) in [6.07, 6.45) is 3.82.